The number of thiocarbonyl (C=S) groups is 1. The molecule has 2 rings (SSSR count). The van der Waals surface area contributed by atoms with Crippen LogP contribution < -0.4 is 11.3 Å². The summed E-state index contributed by atoms with van der Waals surface area (Å²) in [6, 6.07) is 3.75. The van der Waals surface area contributed by atoms with Gasteiger partial charge in [-0.1, -0.05) is 24.7 Å². The van der Waals surface area contributed by atoms with E-state index >= 15 is 0 Å². The van der Waals surface area contributed by atoms with Crippen LogP contribution in [-0.2, 0) is 15.5 Å². The third kappa shape index (κ3) is 2.12. The van der Waals surface area contributed by atoms with Gasteiger partial charge in [0.2, 0.25) is 0 Å². The van der Waals surface area contributed by atoms with Crippen LogP contribution in [0.1, 0.15) is 24.8 Å². The average Bonchev–Trinajstić information content (AvgIpc) is 2.39. The van der Waals surface area contributed by atoms with Gasteiger partial charge in [-0.2, -0.15) is 0 Å². The number of hydrogen-bond donors (Lipinski definition) is 2. The first-order valence-electron chi connectivity index (χ1n) is 5.52. The van der Waals surface area contributed by atoms with E-state index in [1.807, 2.05) is 12.1 Å². The van der Waals surface area contributed by atoms with E-state index in [2.05, 4.69) is 10.4 Å². The summed E-state index contributed by atoms with van der Waals surface area (Å²) in [5.74, 6) is 6.10. The van der Waals surface area contributed by atoms with Crippen molar-refractivity contribution in [2.24, 2.45) is 5.84 Å². The minimum Gasteiger partial charge on any atom is -0.317 e. The van der Waals surface area contributed by atoms with E-state index in [1.54, 1.807) is 12.4 Å². The number of nitrogens with one attached hydrogen (secondary N) is 1. The van der Waals surface area contributed by atoms with Crippen molar-refractivity contribution < 1.29 is 4.21 Å². The molecule has 2 heterocycles. The standard InChI is InChI=1S/C11H15N3OS2/c12-14-10(16)11(5-1-2-7-17(11)15)9-4-3-6-13-8-9/h3-4,6,8H,1-2,5,7,12H2,(H,14,16)/t11-,17-/m1/s1. The first kappa shape index (κ1) is 12.6. The molecule has 92 valence electrons. The van der Waals surface area contributed by atoms with Crippen molar-refractivity contribution in [3.05, 3.63) is 30.1 Å². The van der Waals surface area contributed by atoms with E-state index in [1.165, 1.54) is 0 Å². The Morgan fingerprint density at radius 2 is 2.41 bits per heavy atom. The monoisotopic (exact) mass is 269 g/mol. The maximum Gasteiger partial charge on any atom is 0.123 e. The molecular weight excluding hydrogens is 254 g/mol. The van der Waals surface area contributed by atoms with Gasteiger partial charge in [-0.25, -0.2) is 5.84 Å². The van der Waals surface area contributed by atoms with Gasteiger partial charge in [-0.05, 0) is 24.5 Å². The Bertz CT molecular complexity index is 428. The summed E-state index contributed by atoms with van der Waals surface area (Å²) in [4.78, 5) is 4.54. The molecule has 17 heavy (non-hydrogen) atoms. The van der Waals surface area contributed by atoms with Gasteiger partial charge in [0, 0.05) is 28.9 Å². The fraction of sp³-hybridized carbons (Fsp3) is 0.455. The first-order chi connectivity index (χ1) is 8.21. The summed E-state index contributed by atoms with van der Waals surface area (Å²) >= 11 is 5.29. The highest BCUT2D eigenvalue weighted by molar-refractivity contribution is 7.90. The Balaban J connectivity index is 2.50. The van der Waals surface area contributed by atoms with Gasteiger partial charge in [0.15, 0.2) is 0 Å². The lowest BCUT2D eigenvalue weighted by Gasteiger charge is -2.36. The number of nitrogens with two attached hydrogens (primary N) is 1. The molecule has 1 aliphatic rings. The van der Waals surface area contributed by atoms with Gasteiger partial charge in [-0.15, -0.1) is 0 Å². The number of nitrogens with zero attached hydrogens (tertiary/aromatic N) is 1. The summed E-state index contributed by atoms with van der Waals surface area (Å²) < 4.78 is 11.8. The SMILES string of the molecule is NNC(=S)[C@]1(c2cccnc2)CCCC[S@]1=O. The molecule has 0 radical (unpaired) electrons. The summed E-state index contributed by atoms with van der Waals surface area (Å²) in [5, 5.41) is 0. The predicted octanol–water partition coefficient (Wildman–Crippen LogP) is 1.00. The van der Waals surface area contributed by atoms with Gasteiger partial charge in [-0.3, -0.25) is 9.19 Å². The van der Waals surface area contributed by atoms with Crippen LogP contribution in [0.5, 0.6) is 0 Å². The first-order valence-corrected chi connectivity index (χ1v) is 7.24. The molecule has 0 aromatic carbocycles. The smallest absolute Gasteiger partial charge is 0.123 e. The quantitative estimate of drug-likeness (QED) is 0.476. The van der Waals surface area contributed by atoms with Crippen LogP contribution in [0.4, 0.5) is 0 Å². The molecule has 1 aromatic heterocycles. The molecule has 0 amide bonds. The lowest BCUT2D eigenvalue weighted by Crippen LogP contribution is -2.51. The van der Waals surface area contributed by atoms with Crippen LogP contribution in [0, 0.1) is 0 Å². The maximum absolute atomic E-state index is 12.4. The van der Waals surface area contributed by atoms with E-state index in [4.69, 9.17) is 18.1 Å². The van der Waals surface area contributed by atoms with Crippen molar-refractivity contribution in [3.63, 3.8) is 0 Å². The molecule has 1 fully saturated rings. The van der Waals surface area contributed by atoms with Gasteiger partial charge in [0.25, 0.3) is 0 Å². The van der Waals surface area contributed by atoms with Crippen LogP contribution in [0.15, 0.2) is 24.5 Å². The molecule has 0 aliphatic carbocycles. The lowest BCUT2D eigenvalue weighted by molar-refractivity contribution is 0.571. The summed E-state index contributed by atoms with van der Waals surface area (Å²) in [5.41, 5.74) is 3.40. The van der Waals surface area contributed by atoms with Gasteiger partial charge in [0.1, 0.15) is 9.74 Å². The molecule has 0 saturated carbocycles. The Kier molecular flexibility index (Phi) is 3.86. The second-order valence-corrected chi connectivity index (χ2v) is 6.25. The van der Waals surface area contributed by atoms with Gasteiger partial charge >= 0.3 is 0 Å². The third-order valence-electron chi connectivity index (χ3n) is 3.12. The van der Waals surface area contributed by atoms with Gasteiger partial charge < -0.3 is 5.43 Å². The molecule has 1 aliphatic heterocycles. The zero-order valence-electron chi connectivity index (χ0n) is 9.39. The van der Waals surface area contributed by atoms with Crippen LogP contribution in [-0.4, -0.2) is 19.9 Å². The molecular formula is C11H15N3OS2. The normalized spacial score (nSPS) is 28.6. The van der Waals surface area contributed by atoms with E-state index in [0.717, 1.165) is 24.8 Å². The molecule has 0 bridgehead atoms. The summed E-state index contributed by atoms with van der Waals surface area (Å²) in [7, 11) is -1.04. The van der Waals surface area contributed by atoms with E-state index in [-0.39, 0.29) is 0 Å². The topological polar surface area (TPSA) is 68.0 Å². The van der Waals surface area contributed by atoms with Crippen LogP contribution in [0.3, 0.4) is 0 Å². The Morgan fingerprint density at radius 1 is 1.59 bits per heavy atom. The molecule has 2 atom stereocenters. The molecule has 4 nitrogen and oxygen atoms in total. The van der Waals surface area contributed by atoms with E-state index in [0.29, 0.717) is 10.7 Å². The Hall–Kier alpha value is -0.850. The number of hydrazine groups is 1. The van der Waals surface area contributed by atoms with Crippen LogP contribution >= 0.6 is 12.2 Å². The highest BCUT2D eigenvalue weighted by Crippen LogP contribution is 2.38. The fourth-order valence-corrected chi connectivity index (χ4v) is 4.57. The molecule has 1 aromatic rings. The molecule has 3 N–H and O–H groups in total. The number of aromatic nitrogens is 1. The highest BCUT2D eigenvalue weighted by Gasteiger charge is 2.44. The van der Waals surface area contributed by atoms with Gasteiger partial charge in [0.05, 0.1) is 0 Å². The summed E-state index contributed by atoms with van der Waals surface area (Å²) in [6.45, 7) is 0. The van der Waals surface area contributed by atoms with Crippen molar-refractivity contribution >= 4 is 28.0 Å². The minimum atomic E-state index is -1.04. The van der Waals surface area contributed by atoms with Crippen molar-refractivity contribution in [1.82, 2.24) is 10.4 Å². The molecule has 1 saturated heterocycles. The molecule has 6 heteroatoms. The molecule has 0 unspecified atom stereocenters. The second kappa shape index (κ2) is 5.20. The predicted molar refractivity (Wildman–Crippen MR) is 72.7 cm³/mol. The minimum absolute atomic E-state index is 0.448. The third-order valence-corrected chi connectivity index (χ3v) is 5.80. The number of rotatable bonds is 2. The number of pyridine rings is 1. The largest absolute Gasteiger partial charge is 0.317 e. The van der Waals surface area contributed by atoms with Crippen molar-refractivity contribution in [1.29, 1.82) is 0 Å². The fourth-order valence-electron chi connectivity index (χ4n) is 2.24. The van der Waals surface area contributed by atoms with E-state index < -0.39 is 15.5 Å². The zero-order valence-corrected chi connectivity index (χ0v) is 11.0. The number of hydrogen-bond acceptors (Lipinski definition) is 4. The Labute approximate surface area is 108 Å². The summed E-state index contributed by atoms with van der Waals surface area (Å²) in [6.07, 6.45) is 6.16. The van der Waals surface area contributed by atoms with Crippen LogP contribution in [0.2, 0.25) is 0 Å². The zero-order chi connectivity index (χ0) is 12.3. The van der Waals surface area contributed by atoms with E-state index in [9.17, 15) is 4.21 Å². The maximum atomic E-state index is 12.4. The van der Waals surface area contributed by atoms with Crippen molar-refractivity contribution in [2.75, 3.05) is 5.75 Å². The Morgan fingerprint density at radius 3 is 3.00 bits per heavy atom. The van der Waals surface area contributed by atoms with Crippen molar-refractivity contribution in [2.45, 2.75) is 24.0 Å². The van der Waals surface area contributed by atoms with Crippen LogP contribution in [0.25, 0.3) is 0 Å². The second-order valence-electron chi connectivity index (χ2n) is 4.05. The van der Waals surface area contributed by atoms with Crippen molar-refractivity contribution in [3.8, 4) is 0 Å². The molecule has 0 spiro atoms. The highest BCUT2D eigenvalue weighted by atomic mass is 32.2. The average molecular weight is 269 g/mol. The lowest BCUT2D eigenvalue weighted by atomic mass is 9.93.